The van der Waals surface area contributed by atoms with Gasteiger partial charge in [0.15, 0.2) is 5.60 Å². The van der Waals surface area contributed by atoms with E-state index in [9.17, 15) is 9.90 Å². The van der Waals surface area contributed by atoms with Gasteiger partial charge in [-0.15, -0.1) is 24.8 Å². The number of hydrogen-bond donors (Lipinski definition) is 2. The van der Waals surface area contributed by atoms with Crippen LogP contribution in [0.25, 0.3) is 0 Å². The number of benzene rings is 1. The maximum atomic E-state index is 12.7. The van der Waals surface area contributed by atoms with E-state index in [1.54, 1.807) is 36.1 Å². The summed E-state index contributed by atoms with van der Waals surface area (Å²) in [5, 5.41) is 10.9. The first kappa shape index (κ1) is 21.1. The number of nitrogens with zero attached hydrogens (tertiary/aromatic N) is 2. The van der Waals surface area contributed by atoms with Crippen molar-refractivity contribution in [3.05, 3.63) is 35.9 Å². The van der Waals surface area contributed by atoms with E-state index in [2.05, 4.69) is 4.90 Å². The van der Waals surface area contributed by atoms with E-state index in [4.69, 9.17) is 5.73 Å². The number of nitrogens with two attached hydrogens (primary N) is 1. The summed E-state index contributed by atoms with van der Waals surface area (Å²) in [5.41, 5.74) is 4.83. The monoisotopic (exact) mass is 349 g/mol. The highest BCUT2D eigenvalue weighted by molar-refractivity contribution is 5.87. The molecule has 1 aromatic carbocycles. The average Bonchev–Trinajstić information content (AvgIpc) is 2.47. The van der Waals surface area contributed by atoms with Gasteiger partial charge in [0, 0.05) is 32.2 Å². The Kier molecular flexibility index (Phi) is 8.36. The summed E-state index contributed by atoms with van der Waals surface area (Å²) < 4.78 is 0. The van der Waals surface area contributed by atoms with Crippen LogP contribution in [0.15, 0.2) is 30.3 Å². The van der Waals surface area contributed by atoms with E-state index < -0.39 is 11.6 Å². The average molecular weight is 350 g/mol. The molecule has 1 saturated heterocycles. The van der Waals surface area contributed by atoms with E-state index in [-0.39, 0.29) is 30.7 Å². The second-order valence-electron chi connectivity index (χ2n) is 5.52. The van der Waals surface area contributed by atoms with Crippen LogP contribution in [0.4, 0.5) is 0 Å². The van der Waals surface area contributed by atoms with Gasteiger partial charge < -0.3 is 20.6 Å². The fourth-order valence-corrected chi connectivity index (χ4v) is 2.52. The van der Waals surface area contributed by atoms with Crippen molar-refractivity contribution in [2.45, 2.75) is 18.6 Å². The molecule has 0 unspecified atom stereocenters. The molecule has 0 spiro atoms. The number of aliphatic hydroxyl groups is 1. The summed E-state index contributed by atoms with van der Waals surface area (Å²) in [4.78, 5) is 16.6. The standard InChI is InChI=1S/C15H23N3O2.2ClH/c1-12(16)15(20,13-6-4-3-5-7-13)14(19)18-10-8-17(2)9-11-18;;/h3-7,12,20H,8-11,16H2,1-2H3;2*1H/t12-,15-;;/m0../s1. The minimum absolute atomic E-state index is 0. The lowest BCUT2D eigenvalue weighted by Gasteiger charge is -2.39. The molecule has 1 fully saturated rings. The SMILES string of the molecule is C[C@H](N)[C@@](O)(C(=O)N1CCN(C)CC1)c1ccccc1.Cl.Cl. The normalized spacial score (nSPS) is 19.4. The lowest BCUT2D eigenvalue weighted by molar-refractivity contribution is -0.156. The van der Waals surface area contributed by atoms with Crippen LogP contribution in [0, 0.1) is 0 Å². The molecule has 7 heteroatoms. The molecule has 1 amide bonds. The van der Waals surface area contributed by atoms with Crippen molar-refractivity contribution in [3.8, 4) is 0 Å². The number of halogens is 2. The predicted molar refractivity (Wildman–Crippen MR) is 92.6 cm³/mol. The lowest BCUT2D eigenvalue weighted by atomic mass is 9.86. The number of carbonyl (C=O) groups excluding carboxylic acids is 1. The van der Waals surface area contributed by atoms with E-state index in [0.29, 0.717) is 18.7 Å². The third kappa shape index (κ3) is 4.12. The fraction of sp³-hybridized carbons (Fsp3) is 0.533. The molecule has 22 heavy (non-hydrogen) atoms. The Labute approximate surface area is 144 Å². The molecule has 0 aromatic heterocycles. The zero-order valence-corrected chi connectivity index (χ0v) is 14.6. The molecule has 1 aliphatic rings. The zero-order chi connectivity index (χ0) is 14.8. The van der Waals surface area contributed by atoms with Crippen LogP contribution in [-0.2, 0) is 10.4 Å². The molecular weight excluding hydrogens is 325 g/mol. The van der Waals surface area contributed by atoms with Gasteiger partial charge in [-0.2, -0.15) is 0 Å². The van der Waals surface area contributed by atoms with Crippen molar-refractivity contribution in [1.29, 1.82) is 0 Å². The maximum absolute atomic E-state index is 12.7. The largest absolute Gasteiger partial charge is 0.374 e. The van der Waals surface area contributed by atoms with Crippen molar-refractivity contribution >= 4 is 30.7 Å². The molecule has 0 radical (unpaired) electrons. The summed E-state index contributed by atoms with van der Waals surface area (Å²) >= 11 is 0. The number of likely N-dealkylation sites (N-methyl/N-ethyl adjacent to an activating group) is 1. The van der Waals surface area contributed by atoms with E-state index in [1.165, 1.54) is 0 Å². The molecule has 0 bridgehead atoms. The highest BCUT2D eigenvalue weighted by atomic mass is 35.5. The van der Waals surface area contributed by atoms with Crippen LogP contribution in [0.3, 0.4) is 0 Å². The third-order valence-electron chi connectivity index (χ3n) is 3.99. The number of piperazine rings is 1. The van der Waals surface area contributed by atoms with Crippen molar-refractivity contribution in [3.63, 3.8) is 0 Å². The van der Waals surface area contributed by atoms with Crippen molar-refractivity contribution in [2.24, 2.45) is 5.73 Å². The third-order valence-corrected chi connectivity index (χ3v) is 3.99. The molecule has 126 valence electrons. The molecule has 3 N–H and O–H groups in total. The smallest absolute Gasteiger partial charge is 0.260 e. The van der Waals surface area contributed by atoms with E-state index >= 15 is 0 Å². The summed E-state index contributed by atoms with van der Waals surface area (Å²) in [6.45, 7) is 4.54. The lowest BCUT2D eigenvalue weighted by Crippen LogP contribution is -2.59. The Balaban J connectivity index is 0.00000220. The van der Waals surface area contributed by atoms with Gasteiger partial charge in [0.05, 0.1) is 0 Å². The first-order valence-electron chi connectivity index (χ1n) is 6.97. The van der Waals surface area contributed by atoms with Gasteiger partial charge in [-0.1, -0.05) is 30.3 Å². The number of carbonyl (C=O) groups is 1. The molecule has 0 aliphatic carbocycles. The Morgan fingerprint density at radius 2 is 1.68 bits per heavy atom. The first-order valence-corrected chi connectivity index (χ1v) is 6.97. The van der Waals surface area contributed by atoms with Crippen molar-refractivity contribution in [1.82, 2.24) is 9.80 Å². The molecule has 0 saturated carbocycles. The minimum Gasteiger partial charge on any atom is -0.374 e. The van der Waals surface area contributed by atoms with Gasteiger partial charge >= 0.3 is 0 Å². The predicted octanol–water partition coefficient (Wildman–Crippen LogP) is 0.839. The molecule has 1 aliphatic heterocycles. The Bertz CT molecular complexity index is 465. The maximum Gasteiger partial charge on any atom is 0.260 e. The Morgan fingerprint density at radius 1 is 1.18 bits per heavy atom. The highest BCUT2D eigenvalue weighted by Gasteiger charge is 2.44. The summed E-state index contributed by atoms with van der Waals surface area (Å²) in [6, 6.07) is 8.29. The summed E-state index contributed by atoms with van der Waals surface area (Å²) in [7, 11) is 2.02. The zero-order valence-electron chi connectivity index (χ0n) is 12.9. The van der Waals surface area contributed by atoms with E-state index in [0.717, 1.165) is 13.1 Å². The molecule has 1 heterocycles. The second kappa shape index (κ2) is 8.70. The van der Waals surface area contributed by atoms with Crippen LogP contribution in [-0.4, -0.2) is 60.1 Å². The second-order valence-corrected chi connectivity index (χ2v) is 5.52. The van der Waals surface area contributed by atoms with Gasteiger partial charge in [0.2, 0.25) is 0 Å². The van der Waals surface area contributed by atoms with Gasteiger partial charge in [-0.05, 0) is 19.5 Å². The van der Waals surface area contributed by atoms with Gasteiger partial charge in [0.25, 0.3) is 5.91 Å². The van der Waals surface area contributed by atoms with E-state index in [1.807, 2.05) is 13.1 Å². The quantitative estimate of drug-likeness (QED) is 0.848. The van der Waals surface area contributed by atoms with Gasteiger partial charge in [-0.25, -0.2) is 0 Å². The fourth-order valence-electron chi connectivity index (χ4n) is 2.52. The van der Waals surface area contributed by atoms with Gasteiger partial charge in [-0.3, -0.25) is 4.79 Å². The van der Waals surface area contributed by atoms with Crippen molar-refractivity contribution in [2.75, 3.05) is 33.2 Å². The molecule has 1 aromatic rings. The van der Waals surface area contributed by atoms with Crippen LogP contribution in [0.2, 0.25) is 0 Å². The first-order chi connectivity index (χ1) is 9.46. The van der Waals surface area contributed by atoms with Crippen LogP contribution >= 0.6 is 24.8 Å². The van der Waals surface area contributed by atoms with Crippen LogP contribution in [0.1, 0.15) is 12.5 Å². The molecule has 5 nitrogen and oxygen atoms in total. The van der Waals surface area contributed by atoms with Gasteiger partial charge in [0.1, 0.15) is 0 Å². The summed E-state index contributed by atoms with van der Waals surface area (Å²) in [5.74, 6) is -0.299. The minimum atomic E-state index is -1.66. The van der Waals surface area contributed by atoms with Crippen LogP contribution < -0.4 is 5.73 Å². The summed E-state index contributed by atoms with van der Waals surface area (Å²) in [6.07, 6.45) is 0. The van der Waals surface area contributed by atoms with Crippen molar-refractivity contribution < 1.29 is 9.90 Å². The number of rotatable bonds is 3. The topological polar surface area (TPSA) is 69.8 Å². The Morgan fingerprint density at radius 3 is 2.14 bits per heavy atom. The number of hydrogen-bond acceptors (Lipinski definition) is 4. The molecular formula is C15H25Cl2N3O2. The number of amides is 1. The molecule has 2 rings (SSSR count). The highest BCUT2D eigenvalue weighted by Crippen LogP contribution is 2.27. The van der Waals surface area contributed by atoms with Crippen LogP contribution in [0.5, 0.6) is 0 Å². The molecule has 2 atom stereocenters. The Hall–Kier alpha value is -0.850.